The van der Waals surface area contributed by atoms with Crippen molar-refractivity contribution in [2.45, 2.75) is 31.7 Å². The van der Waals surface area contributed by atoms with Gasteiger partial charge in [0.1, 0.15) is 5.78 Å². The van der Waals surface area contributed by atoms with Gasteiger partial charge in [0.15, 0.2) is 0 Å². The second-order valence-electron chi connectivity index (χ2n) is 5.08. The first-order valence-corrected chi connectivity index (χ1v) is 6.22. The van der Waals surface area contributed by atoms with Crippen LogP contribution in [0.25, 0.3) is 0 Å². The van der Waals surface area contributed by atoms with Crippen LogP contribution >= 0.6 is 0 Å². The number of nitrogens with zero attached hydrogens (tertiary/aromatic N) is 1. The van der Waals surface area contributed by atoms with Gasteiger partial charge in [0, 0.05) is 31.0 Å². The number of morpholine rings is 1. The lowest BCUT2D eigenvalue weighted by molar-refractivity contribution is -0.129. The summed E-state index contributed by atoms with van der Waals surface area (Å²) in [5, 5.41) is 0. The van der Waals surface area contributed by atoms with E-state index >= 15 is 0 Å². The highest BCUT2D eigenvalue weighted by Gasteiger charge is 2.45. The first-order chi connectivity index (χ1) is 7.36. The van der Waals surface area contributed by atoms with Crippen LogP contribution in [0.4, 0.5) is 0 Å². The Morgan fingerprint density at radius 1 is 1.07 bits per heavy atom. The van der Waals surface area contributed by atoms with Crippen LogP contribution in [0.5, 0.6) is 0 Å². The standard InChI is InChI=1S/C12H19NO2/c14-12-9-1-3-10(12)11(4-2-9)13-5-7-15-8-6-13/h9-11H,1-8H2. The molecule has 0 aromatic carbocycles. The summed E-state index contributed by atoms with van der Waals surface area (Å²) >= 11 is 0. The van der Waals surface area contributed by atoms with E-state index in [9.17, 15) is 4.79 Å². The van der Waals surface area contributed by atoms with Crippen LogP contribution in [0.3, 0.4) is 0 Å². The van der Waals surface area contributed by atoms with Crippen molar-refractivity contribution in [1.29, 1.82) is 0 Å². The predicted molar refractivity (Wildman–Crippen MR) is 56.6 cm³/mol. The average Bonchev–Trinajstić information content (AvgIpc) is 2.54. The molecule has 3 fully saturated rings. The molecule has 2 aliphatic carbocycles. The van der Waals surface area contributed by atoms with Gasteiger partial charge < -0.3 is 4.74 Å². The molecule has 0 aromatic heterocycles. The maximum absolute atomic E-state index is 12.0. The first-order valence-electron chi connectivity index (χ1n) is 6.22. The summed E-state index contributed by atoms with van der Waals surface area (Å²) in [5.41, 5.74) is 0. The van der Waals surface area contributed by atoms with Crippen LogP contribution in [0.1, 0.15) is 25.7 Å². The maximum Gasteiger partial charge on any atom is 0.140 e. The lowest BCUT2D eigenvalue weighted by atomic mass is 9.83. The number of rotatable bonds is 1. The molecule has 3 heteroatoms. The molecule has 0 radical (unpaired) electrons. The molecule has 1 saturated heterocycles. The van der Waals surface area contributed by atoms with Gasteiger partial charge >= 0.3 is 0 Å². The number of fused-ring (bicyclic) bond motifs is 2. The van der Waals surface area contributed by atoms with Crippen molar-refractivity contribution in [1.82, 2.24) is 4.90 Å². The normalized spacial score (nSPS) is 42.1. The molecule has 0 N–H and O–H groups in total. The minimum Gasteiger partial charge on any atom is -0.379 e. The summed E-state index contributed by atoms with van der Waals surface area (Å²) in [7, 11) is 0. The Labute approximate surface area is 90.8 Å². The number of carbonyl (C=O) groups is 1. The van der Waals surface area contributed by atoms with Gasteiger partial charge in [-0.1, -0.05) is 0 Å². The van der Waals surface area contributed by atoms with E-state index in [0.717, 1.165) is 45.6 Å². The molecule has 84 valence electrons. The van der Waals surface area contributed by atoms with Gasteiger partial charge in [0.2, 0.25) is 0 Å². The van der Waals surface area contributed by atoms with Crippen LogP contribution < -0.4 is 0 Å². The van der Waals surface area contributed by atoms with Gasteiger partial charge in [-0.3, -0.25) is 9.69 Å². The molecular weight excluding hydrogens is 190 g/mol. The molecule has 3 aliphatic rings. The van der Waals surface area contributed by atoms with Crippen molar-refractivity contribution in [3.8, 4) is 0 Å². The van der Waals surface area contributed by atoms with Gasteiger partial charge in [-0.15, -0.1) is 0 Å². The number of hydrogen-bond donors (Lipinski definition) is 0. The Morgan fingerprint density at radius 3 is 2.60 bits per heavy atom. The van der Waals surface area contributed by atoms with E-state index in [1.165, 1.54) is 6.42 Å². The first kappa shape index (κ1) is 9.79. The number of Topliss-reactive ketones (excluding diaryl/α,β-unsaturated/α-hetero) is 1. The fourth-order valence-corrected chi connectivity index (χ4v) is 3.56. The SMILES string of the molecule is O=C1C2CCC1C(N1CCOCC1)CC2. The third-order valence-electron chi connectivity index (χ3n) is 4.38. The zero-order valence-corrected chi connectivity index (χ0v) is 9.15. The molecule has 0 spiro atoms. The third-order valence-corrected chi connectivity index (χ3v) is 4.38. The highest BCUT2D eigenvalue weighted by atomic mass is 16.5. The summed E-state index contributed by atoms with van der Waals surface area (Å²) < 4.78 is 5.37. The zero-order chi connectivity index (χ0) is 10.3. The van der Waals surface area contributed by atoms with E-state index < -0.39 is 0 Å². The van der Waals surface area contributed by atoms with Crippen LogP contribution in [0.15, 0.2) is 0 Å². The minimum absolute atomic E-state index is 0.363. The van der Waals surface area contributed by atoms with Crippen molar-refractivity contribution < 1.29 is 9.53 Å². The molecule has 0 amide bonds. The second-order valence-corrected chi connectivity index (χ2v) is 5.08. The lowest BCUT2D eigenvalue weighted by Crippen LogP contribution is -2.49. The molecule has 2 saturated carbocycles. The Bertz CT molecular complexity index is 260. The van der Waals surface area contributed by atoms with Gasteiger partial charge in [-0.05, 0) is 25.7 Å². The number of hydrogen-bond acceptors (Lipinski definition) is 3. The van der Waals surface area contributed by atoms with Gasteiger partial charge in [0.05, 0.1) is 13.2 Å². The van der Waals surface area contributed by atoms with E-state index in [1.807, 2.05) is 0 Å². The van der Waals surface area contributed by atoms with Crippen molar-refractivity contribution in [2.75, 3.05) is 26.3 Å². The number of ketones is 1. The highest BCUT2D eigenvalue weighted by Crippen LogP contribution is 2.41. The fraction of sp³-hybridized carbons (Fsp3) is 0.917. The lowest BCUT2D eigenvalue weighted by Gasteiger charge is -2.39. The number of ether oxygens (including phenoxy) is 1. The summed E-state index contributed by atoms with van der Waals surface area (Å²) in [4.78, 5) is 14.5. The highest BCUT2D eigenvalue weighted by molar-refractivity contribution is 5.86. The Hall–Kier alpha value is -0.410. The van der Waals surface area contributed by atoms with Crippen molar-refractivity contribution in [2.24, 2.45) is 11.8 Å². The molecule has 3 rings (SSSR count). The largest absolute Gasteiger partial charge is 0.379 e. The molecule has 1 aliphatic heterocycles. The Morgan fingerprint density at radius 2 is 1.80 bits per heavy atom. The Kier molecular flexibility index (Phi) is 2.53. The quantitative estimate of drug-likeness (QED) is 0.647. The van der Waals surface area contributed by atoms with E-state index in [2.05, 4.69) is 4.90 Å². The van der Waals surface area contributed by atoms with E-state index in [1.54, 1.807) is 0 Å². The van der Waals surface area contributed by atoms with Crippen LogP contribution in [0.2, 0.25) is 0 Å². The molecule has 3 unspecified atom stereocenters. The second kappa shape index (κ2) is 3.87. The van der Waals surface area contributed by atoms with Crippen LogP contribution in [-0.4, -0.2) is 43.0 Å². The summed E-state index contributed by atoms with van der Waals surface area (Å²) in [6.07, 6.45) is 4.67. The fourth-order valence-electron chi connectivity index (χ4n) is 3.56. The summed E-state index contributed by atoms with van der Waals surface area (Å²) in [5.74, 6) is 1.35. The molecule has 3 nitrogen and oxygen atoms in total. The van der Waals surface area contributed by atoms with E-state index in [4.69, 9.17) is 4.74 Å². The van der Waals surface area contributed by atoms with Crippen molar-refractivity contribution >= 4 is 5.78 Å². The smallest absolute Gasteiger partial charge is 0.140 e. The van der Waals surface area contributed by atoms with Crippen LogP contribution in [0, 0.1) is 11.8 Å². The van der Waals surface area contributed by atoms with Crippen molar-refractivity contribution in [3.05, 3.63) is 0 Å². The monoisotopic (exact) mass is 209 g/mol. The predicted octanol–water partition coefficient (Wildman–Crippen LogP) is 1.08. The third kappa shape index (κ3) is 1.62. The Balaban J connectivity index is 1.72. The van der Waals surface area contributed by atoms with Gasteiger partial charge in [-0.25, -0.2) is 0 Å². The van der Waals surface area contributed by atoms with Crippen molar-refractivity contribution in [3.63, 3.8) is 0 Å². The van der Waals surface area contributed by atoms with Gasteiger partial charge in [-0.2, -0.15) is 0 Å². The summed E-state index contributed by atoms with van der Waals surface area (Å²) in [6.45, 7) is 3.75. The molecule has 0 aromatic rings. The average molecular weight is 209 g/mol. The maximum atomic E-state index is 12.0. The molecule has 3 atom stereocenters. The van der Waals surface area contributed by atoms with E-state index in [-0.39, 0.29) is 0 Å². The zero-order valence-electron chi connectivity index (χ0n) is 9.15. The molecule has 1 heterocycles. The van der Waals surface area contributed by atoms with Crippen LogP contribution in [-0.2, 0) is 9.53 Å². The molecule has 2 bridgehead atoms. The molecule has 15 heavy (non-hydrogen) atoms. The molecular formula is C12H19NO2. The van der Waals surface area contributed by atoms with Gasteiger partial charge in [0.25, 0.3) is 0 Å². The summed E-state index contributed by atoms with van der Waals surface area (Å²) in [6, 6.07) is 0.542. The number of carbonyl (C=O) groups excluding carboxylic acids is 1. The van der Waals surface area contributed by atoms with E-state index in [0.29, 0.717) is 23.7 Å². The minimum atomic E-state index is 0.363. The topological polar surface area (TPSA) is 29.5 Å².